The van der Waals surface area contributed by atoms with Crippen LogP contribution in [0.2, 0.25) is 0 Å². The molecule has 0 aliphatic rings. The SMILES string of the molecule is CCn1c(SCC(=O)O)nnc1-c1cc(-c2ccccc2)sc1N. The monoisotopic (exact) mass is 360 g/mol. The molecule has 1 aromatic carbocycles. The highest BCUT2D eigenvalue weighted by molar-refractivity contribution is 7.99. The van der Waals surface area contributed by atoms with Crippen LogP contribution in [0, 0.1) is 0 Å². The highest BCUT2D eigenvalue weighted by Gasteiger charge is 2.18. The molecule has 0 radical (unpaired) electrons. The van der Waals surface area contributed by atoms with Crippen molar-refractivity contribution in [1.82, 2.24) is 14.8 Å². The molecular weight excluding hydrogens is 344 g/mol. The number of hydrogen-bond acceptors (Lipinski definition) is 6. The van der Waals surface area contributed by atoms with Crippen molar-refractivity contribution in [3.8, 4) is 21.8 Å². The maximum atomic E-state index is 10.8. The third kappa shape index (κ3) is 3.29. The van der Waals surface area contributed by atoms with Crippen molar-refractivity contribution in [2.75, 3.05) is 11.5 Å². The lowest BCUT2D eigenvalue weighted by Crippen LogP contribution is -2.03. The fourth-order valence-corrected chi connectivity index (χ4v) is 3.98. The molecule has 3 rings (SSSR count). The zero-order chi connectivity index (χ0) is 17.1. The lowest BCUT2D eigenvalue weighted by molar-refractivity contribution is -0.133. The number of nitrogens with two attached hydrogens (primary N) is 1. The largest absolute Gasteiger partial charge is 0.481 e. The number of nitrogens with zero attached hydrogens (tertiary/aromatic N) is 3. The predicted octanol–water partition coefficient (Wildman–Crippen LogP) is 3.45. The molecule has 124 valence electrons. The smallest absolute Gasteiger partial charge is 0.313 e. The Morgan fingerprint density at radius 2 is 2.08 bits per heavy atom. The summed E-state index contributed by atoms with van der Waals surface area (Å²) in [5.41, 5.74) is 8.13. The molecule has 8 heteroatoms. The molecule has 24 heavy (non-hydrogen) atoms. The summed E-state index contributed by atoms with van der Waals surface area (Å²) in [7, 11) is 0. The van der Waals surface area contributed by atoms with Gasteiger partial charge >= 0.3 is 5.97 Å². The van der Waals surface area contributed by atoms with E-state index in [1.165, 1.54) is 11.3 Å². The van der Waals surface area contributed by atoms with E-state index < -0.39 is 5.97 Å². The third-order valence-corrected chi connectivity index (χ3v) is 5.38. The second-order valence-corrected chi connectivity index (χ2v) is 7.01. The fourth-order valence-electron chi connectivity index (χ4n) is 2.33. The summed E-state index contributed by atoms with van der Waals surface area (Å²) in [4.78, 5) is 11.8. The molecule has 3 N–H and O–H groups in total. The molecule has 0 amide bonds. The Bertz CT molecular complexity index is 858. The molecule has 0 atom stereocenters. The first kappa shape index (κ1) is 16.5. The fraction of sp³-hybridized carbons (Fsp3) is 0.188. The van der Waals surface area contributed by atoms with Crippen LogP contribution in [0.15, 0.2) is 41.6 Å². The van der Waals surface area contributed by atoms with Gasteiger partial charge in [-0.25, -0.2) is 0 Å². The third-order valence-electron chi connectivity index (χ3n) is 3.42. The van der Waals surface area contributed by atoms with E-state index in [1.807, 2.05) is 47.9 Å². The van der Waals surface area contributed by atoms with Crippen molar-refractivity contribution in [2.45, 2.75) is 18.6 Å². The number of carboxylic acids is 1. The Hall–Kier alpha value is -2.32. The van der Waals surface area contributed by atoms with Gasteiger partial charge in [0.2, 0.25) is 0 Å². The number of rotatable bonds is 6. The van der Waals surface area contributed by atoms with E-state index in [1.54, 1.807) is 0 Å². The summed E-state index contributed by atoms with van der Waals surface area (Å²) in [5.74, 6) is -0.262. The Balaban J connectivity index is 1.97. The highest BCUT2D eigenvalue weighted by Crippen LogP contribution is 2.39. The van der Waals surface area contributed by atoms with Gasteiger partial charge in [0.15, 0.2) is 11.0 Å². The van der Waals surface area contributed by atoms with Crippen LogP contribution in [0.4, 0.5) is 5.00 Å². The van der Waals surface area contributed by atoms with Gasteiger partial charge in [-0.05, 0) is 18.6 Å². The van der Waals surface area contributed by atoms with Crippen LogP contribution >= 0.6 is 23.1 Å². The number of benzene rings is 1. The maximum absolute atomic E-state index is 10.8. The van der Waals surface area contributed by atoms with Crippen molar-refractivity contribution < 1.29 is 9.90 Å². The summed E-state index contributed by atoms with van der Waals surface area (Å²) >= 11 is 2.66. The van der Waals surface area contributed by atoms with Crippen LogP contribution in [-0.4, -0.2) is 31.6 Å². The summed E-state index contributed by atoms with van der Waals surface area (Å²) in [6.45, 7) is 2.61. The number of carboxylic acid groups (broad SMARTS) is 1. The number of thioether (sulfide) groups is 1. The molecule has 0 aliphatic carbocycles. The first-order chi connectivity index (χ1) is 11.6. The van der Waals surface area contributed by atoms with Gasteiger partial charge in [0.25, 0.3) is 0 Å². The number of carbonyl (C=O) groups is 1. The lowest BCUT2D eigenvalue weighted by atomic mass is 10.1. The summed E-state index contributed by atoms with van der Waals surface area (Å²) in [5, 5.41) is 18.4. The minimum atomic E-state index is -0.881. The quantitative estimate of drug-likeness (QED) is 0.654. The molecular formula is C16H16N4O2S2. The van der Waals surface area contributed by atoms with E-state index >= 15 is 0 Å². The molecule has 0 bridgehead atoms. The Morgan fingerprint density at radius 1 is 1.33 bits per heavy atom. The molecule has 2 aromatic heterocycles. The van der Waals surface area contributed by atoms with Crippen molar-refractivity contribution in [1.29, 1.82) is 0 Å². The number of nitrogen functional groups attached to an aromatic ring is 1. The van der Waals surface area contributed by atoms with Crippen LogP contribution in [-0.2, 0) is 11.3 Å². The number of hydrogen-bond donors (Lipinski definition) is 2. The van der Waals surface area contributed by atoms with E-state index in [4.69, 9.17) is 10.8 Å². The highest BCUT2D eigenvalue weighted by atomic mass is 32.2. The van der Waals surface area contributed by atoms with E-state index in [9.17, 15) is 4.79 Å². The van der Waals surface area contributed by atoms with Crippen LogP contribution in [0.3, 0.4) is 0 Å². The van der Waals surface area contributed by atoms with Crippen LogP contribution < -0.4 is 5.73 Å². The maximum Gasteiger partial charge on any atom is 0.313 e. The van der Waals surface area contributed by atoms with Gasteiger partial charge in [-0.15, -0.1) is 21.5 Å². The van der Waals surface area contributed by atoms with Gasteiger partial charge in [-0.2, -0.15) is 0 Å². The first-order valence-electron chi connectivity index (χ1n) is 7.33. The van der Waals surface area contributed by atoms with Gasteiger partial charge < -0.3 is 15.4 Å². The van der Waals surface area contributed by atoms with Crippen LogP contribution in [0.1, 0.15) is 6.92 Å². The Morgan fingerprint density at radius 3 is 2.75 bits per heavy atom. The van der Waals surface area contributed by atoms with Crippen LogP contribution in [0.5, 0.6) is 0 Å². The molecule has 6 nitrogen and oxygen atoms in total. The van der Waals surface area contributed by atoms with Gasteiger partial charge in [0.1, 0.15) is 0 Å². The molecule has 0 aliphatic heterocycles. The minimum Gasteiger partial charge on any atom is -0.481 e. The van der Waals surface area contributed by atoms with E-state index in [-0.39, 0.29) is 5.75 Å². The second kappa shape index (κ2) is 7.06. The molecule has 0 unspecified atom stereocenters. The molecule has 2 heterocycles. The lowest BCUT2D eigenvalue weighted by Gasteiger charge is -2.05. The molecule has 0 saturated carbocycles. The minimum absolute atomic E-state index is 0.0491. The average Bonchev–Trinajstić information content (AvgIpc) is 3.16. The molecule has 0 fully saturated rings. The number of thiophene rings is 1. The number of anilines is 1. The van der Waals surface area contributed by atoms with Gasteiger partial charge in [0, 0.05) is 11.4 Å². The van der Waals surface area contributed by atoms with E-state index in [0.29, 0.717) is 22.5 Å². The molecule has 3 aromatic rings. The first-order valence-corrected chi connectivity index (χ1v) is 9.13. The number of aliphatic carboxylic acids is 1. The van der Waals surface area contributed by atoms with Crippen molar-refractivity contribution in [3.63, 3.8) is 0 Å². The zero-order valence-corrected chi connectivity index (χ0v) is 14.6. The van der Waals surface area contributed by atoms with Crippen molar-refractivity contribution >= 4 is 34.1 Å². The average molecular weight is 360 g/mol. The Kier molecular flexibility index (Phi) is 4.86. The van der Waals surface area contributed by atoms with Crippen LogP contribution in [0.25, 0.3) is 21.8 Å². The standard InChI is InChI=1S/C16H16N4O2S2/c1-2-20-15(18-19-16(20)23-9-13(21)22)11-8-12(24-14(11)17)10-6-4-3-5-7-10/h3-8H,2,9,17H2,1H3,(H,21,22). The predicted molar refractivity (Wildman–Crippen MR) is 97.2 cm³/mol. The van der Waals surface area contributed by atoms with E-state index in [2.05, 4.69) is 10.2 Å². The molecule has 0 saturated heterocycles. The van der Waals surface area contributed by atoms with Crippen molar-refractivity contribution in [3.05, 3.63) is 36.4 Å². The summed E-state index contributed by atoms with van der Waals surface area (Å²) < 4.78 is 1.89. The topological polar surface area (TPSA) is 94.0 Å². The van der Waals surface area contributed by atoms with Gasteiger partial charge in [0.05, 0.1) is 16.3 Å². The van der Waals surface area contributed by atoms with Crippen molar-refractivity contribution in [2.24, 2.45) is 0 Å². The Labute approximate surface area is 147 Å². The van der Waals surface area contributed by atoms with E-state index in [0.717, 1.165) is 27.8 Å². The zero-order valence-electron chi connectivity index (χ0n) is 13.0. The number of aromatic nitrogens is 3. The summed E-state index contributed by atoms with van der Waals surface area (Å²) in [6.07, 6.45) is 0. The normalized spacial score (nSPS) is 10.9. The van der Waals surface area contributed by atoms with Gasteiger partial charge in [-0.3, -0.25) is 4.79 Å². The molecule has 0 spiro atoms. The van der Waals surface area contributed by atoms with Gasteiger partial charge in [-0.1, -0.05) is 42.1 Å². The second-order valence-electron chi connectivity index (χ2n) is 4.99. The summed E-state index contributed by atoms with van der Waals surface area (Å²) in [6, 6.07) is 12.0.